The van der Waals surface area contributed by atoms with Crippen molar-refractivity contribution in [3.8, 4) is 17.2 Å². The van der Waals surface area contributed by atoms with Crippen LogP contribution in [0.2, 0.25) is 0 Å². The smallest absolute Gasteiger partial charge is 0.338 e. The molecule has 0 spiro atoms. The van der Waals surface area contributed by atoms with Crippen LogP contribution in [0.5, 0.6) is 17.2 Å². The summed E-state index contributed by atoms with van der Waals surface area (Å²) in [5.74, 6) is 1.21. The van der Waals surface area contributed by atoms with E-state index < -0.39 is 18.0 Å². The molecule has 0 fully saturated rings. The summed E-state index contributed by atoms with van der Waals surface area (Å²) >= 11 is 0. The highest BCUT2D eigenvalue weighted by Crippen LogP contribution is 2.35. The average molecular weight is 412 g/mol. The third-order valence-electron chi connectivity index (χ3n) is 4.57. The molecule has 2 aromatic rings. The highest BCUT2D eigenvalue weighted by Gasteiger charge is 2.34. The number of para-hydroxylation sites is 1. The number of hydrogen-bond acceptors (Lipinski definition) is 6. The maximum absolute atomic E-state index is 12.8. The van der Waals surface area contributed by atoms with Gasteiger partial charge in [-0.1, -0.05) is 18.2 Å². The quantitative estimate of drug-likeness (QED) is 0.511. The number of allylic oxidation sites excluding steroid dienone is 1. The second-order valence-corrected chi connectivity index (χ2v) is 6.48. The lowest BCUT2D eigenvalue weighted by molar-refractivity contribution is -0.140. The minimum atomic E-state index is -0.734. The zero-order valence-electron chi connectivity index (χ0n) is 17.1. The molecule has 158 valence electrons. The van der Waals surface area contributed by atoms with Gasteiger partial charge in [-0.2, -0.15) is 0 Å². The maximum Gasteiger partial charge on any atom is 0.338 e. The summed E-state index contributed by atoms with van der Waals surface area (Å²) in [6.07, 6.45) is 0. The number of esters is 1. The minimum absolute atomic E-state index is 0.0604. The molecule has 0 unspecified atom stereocenters. The Hall–Kier alpha value is -3.68. The van der Waals surface area contributed by atoms with Crippen LogP contribution in [0.4, 0.5) is 4.79 Å². The van der Waals surface area contributed by atoms with Crippen LogP contribution in [0, 0.1) is 0 Å². The second kappa shape index (κ2) is 9.69. The van der Waals surface area contributed by atoms with Gasteiger partial charge in [0, 0.05) is 17.3 Å². The molecule has 0 bridgehead atoms. The Morgan fingerprint density at radius 2 is 1.77 bits per heavy atom. The lowest BCUT2D eigenvalue weighted by Crippen LogP contribution is -2.45. The van der Waals surface area contributed by atoms with Crippen LogP contribution in [0.15, 0.2) is 59.8 Å². The highest BCUT2D eigenvalue weighted by atomic mass is 16.6. The second-order valence-electron chi connectivity index (χ2n) is 6.48. The predicted molar refractivity (Wildman–Crippen MR) is 110 cm³/mol. The van der Waals surface area contributed by atoms with Gasteiger partial charge in [0.25, 0.3) is 0 Å². The Labute approximate surface area is 174 Å². The van der Waals surface area contributed by atoms with Crippen molar-refractivity contribution in [2.75, 3.05) is 27.4 Å². The lowest BCUT2D eigenvalue weighted by Gasteiger charge is -2.29. The predicted octanol–water partition coefficient (Wildman–Crippen LogP) is 2.95. The molecule has 1 aliphatic rings. The molecule has 30 heavy (non-hydrogen) atoms. The summed E-state index contributed by atoms with van der Waals surface area (Å²) in [6, 6.07) is 13.3. The summed E-state index contributed by atoms with van der Waals surface area (Å²) in [5, 5.41) is 5.38. The molecule has 1 heterocycles. The maximum atomic E-state index is 12.8. The fourth-order valence-corrected chi connectivity index (χ4v) is 3.14. The van der Waals surface area contributed by atoms with Gasteiger partial charge in [-0.15, -0.1) is 0 Å². The summed E-state index contributed by atoms with van der Waals surface area (Å²) < 4.78 is 21.6. The van der Waals surface area contributed by atoms with Crippen molar-refractivity contribution in [3.05, 3.63) is 65.4 Å². The number of rotatable bonds is 8. The topological polar surface area (TPSA) is 95.1 Å². The van der Waals surface area contributed by atoms with E-state index in [0.29, 0.717) is 28.5 Å². The summed E-state index contributed by atoms with van der Waals surface area (Å²) in [7, 11) is 3.06. The van der Waals surface area contributed by atoms with Gasteiger partial charge in [0.2, 0.25) is 0 Å². The molecule has 0 aromatic heterocycles. The first-order valence-electron chi connectivity index (χ1n) is 9.38. The molecular weight excluding hydrogens is 388 g/mol. The molecule has 2 aromatic carbocycles. The first-order chi connectivity index (χ1) is 14.5. The van der Waals surface area contributed by atoms with Crippen molar-refractivity contribution in [1.29, 1.82) is 0 Å². The van der Waals surface area contributed by atoms with Crippen LogP contribution in [0.1, 0.15) is 18.5 Å². The number of urea groups is 1. The van der Waals surface area contributed by atoms with E-state index in [4.69, 9.17) is 18.9 Å². The van der Waals surface area contributed by atoms with Gasteiger partial charge >= 0.3 is 12.0 Å². The van der Waals surface area contributed by atoms with E-state index in [2.05, 4.69) is 10.6 Å². The number of nitrogens with one attached hydrogen (secondary N) is 2. The molecule has 0 saturated carbocycles. The Kier molecular flexibility index (Phi) is 6.79. The van der Waals surface area contributed by atoms with E-state index in [0.717, 1.165) is 0 Å². The molecule has 0 saturated heterocycles. The molecule has 8 nitrogen and oxygen atoms in total. The van der Waals surface area contributed by atoms with Crippen molar-refractivity contribution in [3.63, 3.8) is 0 Å². The van der Waals surface area contributed by atoms with Crippen molar-refractivity contribution < 1.29 is 28.5 Å². The number of carbonyl (C=O) groups excluding carboxylic acids is 2. The monoisotopic (exact) mass is 412 g/mol. The standard InChI is InChI=1S/C22H24N2O6/c1-14-19(21(25)30-12-11-29-15-7-5-4-6-8-15)20(24-22(26)23-14)17-10-9-16(27-2)13-18(17)28-3/h4-10,13,20H,11-12H2,1-3H3,(H2,23,24,26)/t20-/m0/s1. The van der Waals surface area contributed by atoms with Crippen molar-refractivity contribution in [1.82, 2.24) is 10.6 Å². The zero-order valence-corrected chi connectivity index (χ0v) is 17.1. The van der Waals surface area contributed by atoms with Crippen molar-refractivity contribution in [2.24, 2.45) is 0 Å². The van der Waals surface area contributed by atoms with Crippen LogP contribution in [-0.2, 0) is 9.53 Å². The normalized spacial score (nSPS) is 15.7. The zero-order chi connectivity index (χ0) is 21.5. The third kappa shape index (κ3) is 4.83. The molecule has 2 N–H and O–H groups in total. The molecular formula is C22H24N2O6. The lowest BCUT2D eigenvalue weighted by atomic mass is 9.94. The van der Waals surface area contributed by atoms with E-state index in [1.165, 1.54) is 7.11 Å². The van der Waals surface area contributed by atoms with E-state index in [1.807, 2.05) is 30.3 Å². The Balaban J connectivity index is 1.75. The molecule has 3 rings (SSSR count). The molecule has 1 atom stereocenters. The molecule has 0 radical (unpaired) electrons. The van der Waals surface area contributed by atoms with Crippen LogP contribution in [-0.4, -0.2) is 39.4 Å². The molecule has 0 aliphatic carbocycles. The van der Waals surface area contributed by atoms with Gasteiger partial charge < -0.3 is 29.6 Å². The Bertz CT molecular complexity index is 942. The SMILES string of the molecule is COc1ccc([C@@H]2NC(=O)NC(C)=C2C(=O)OCCOc2ccccc2)c(OC)c1. The van der Waals surface area contributed by atoms with E-state index in [9.17, 15) is 9.59 Å². The highest BCUT2D eigenvalue weighted by molar-refractivity contribution is 5.95. The van der Waals surface area contributed by atoms with E-state index in [-0.39, 0.29) is 18.8 Å². The molecule has 8 heteroatoms. The molecule has 1 aliphatic heterocycles. The van der Waals surface area contributed by atoms with E-state index >= 15 is 0 Å². The number of hydrogen-bond donors (Lipinski definition) is 2. The van der Waals surface area contributed by atoms with E-state index in [1.54, 1.807) is 32.2 Å². The fourth-order valence-electron chi connectivity index (χ4n) is 3.14. The van der Waals surface area contributed by atoms with Gasteiger partial charge in [0.15, 0.2) is 0 Å². The van der Waals surface area contributed by atoms with Crippen LogP contribution in [0.3, 0.4) is 0 Å². The van der Waals surface area contributed by atoms with Gasteiger partial charge in [-0.05, 0) is 31.2 Å². The van der Waals surface area contributed by atoms with Gasteiger partial charge in [0.1, 0.15) is 30.5 Å². The van der Waals surface area contributed by atoms with Gasteiger partial charge in [-0.3, -0.25) is 0 Å². The Morgan fingerprint density at radius 3 is 2.47 bits per heavy atom. The third-order valence-corrected chi connectivity index (χ3v) is 4.57. The number of amides is 2. The number of carbonyl (C=O) groups is 2. The van der Waals surface area contributed by atoms with Crippen LogP contribution < -0.4 is 24.8 Å². The number of benzene rings is 2. The number of methoxy groups -OCH3 is 2. The van der Waals surface area contributed by atoms with Crippen molar-refractivity contribution in [2.45, 2.75) is 13.0 Å². The van der Waals surface area contributed by atoms with Crippen LogP contribution >= 0.6 is 0 Å². The summed E-state index contributed by atoms with van der Waals surface area (Å²) in [4.78, 5) is 24.9. The average Bonchev–Trinajstić information content (AvgIpc) is 2.76. The summed E-state index contributed by atoms with van der Waals surface area (Å²) in [5.41, 5.74) is 1.31. The molecule has 2 amide bonds. The fraction of sp³-hybridized carbons (Fsp3) is 0.273. The van der Waals surface area contributed by atoms with Gasteiger partial charge in [-0.25, -0.2) is 9.59 Å². The van der Waals surface area contributed by atoms with Gasteiger partial charge in [0.05, 0.1) is 25.8 Å². The number of ether oxygens (including phenoxy) is 4. The first-order valence-corrected chi connectivity index (χ1v) is 9.38. The summed E-state index contributed by atoms with van der Waals surface area (Å²) in [6.45, 7) is 1.92. The Morgan fingerprint density at radius 1 is 1.00 bits per heavy atom. The van der Waals surface area contributed by atoms with Crippen molar-refractivity contribution >= 4 is 12.0 Å². The minimum Gasteiger partial charge on any atom is -0.497 e. The van der Waals surface area contributed by atoms with Crippen LogP contribution in [0.25, 0.3) is 0 Å². The first kappa shape index (κ1) is 21.0. The largest absolute Gasteiger partial charge is 0.497 e.